The highest BCUT2D eigenvalue weighted by atomic mass is 35.5. The lowest BCUT2D eigenvalue weighted by Gasteiger charge is -2.10. The molecule has 0 saturated carbocycles. The quantitative estimate of drug-likeness (QED) is 0.752. The van der Waals surface area contributed by atoms with Crippen LogP contribution in [0.4, 0.5) is 0 Å². The Labute approximate surface area is 131 Å². The average molecular weight is 320 g/mol. The van der Waals surface area contributed by atoms with Crippen molar-refractivity contribution in [2.24, 2.45) is 0 Å². The number of pyridine rings is 1. The lowest BCUT2D eigenvalue weighted by molar-refractivity contribution is 0.283. The summed E-state index contributed by atoms with van der Waals surface area (Å²) in [5.74, 6) is 1.01. The normalized spacial score (nSPS) is 10.8. The van der Waals surface area contributed by atoms with E-state index in [0.29, 0.717) is 21.7 Å². The van der Waals surface area contributed by atoms with Crippen LogP contribution in [0.1, 0.15) is 5.56 Å². The number of nitrogens with zero attached hydrogens (tertiary/aromatic N) is 1. The molecule has 0 fully saturated rings. The third kappa shape index (κ3) is 2.81. The number of hydrogen-bond donors (Lipinski definition) is 1. The van der Waals surface area contributed by atoms with Crippen LogP contribution in [0.15, 0.2) is 48.7 Å². The first-order valence-corrected chi connectivity index (χ1v) is 7.05. The lowest BCUT2D eigenvalue weighted by Crippen LogP contribution is -1.94. The van der Waals surface area contributed by atoms with Crippen LogP contribution in [-0.4, -0.2) is 10.1 Å². The highest BCUT2D eigenvalue weighted by Crippen LogP contribution is 2.32. The van der Waals surface area contributed by atoms with Crippen LogP contribution in [-0.2, 0) is 6.61 Å². The Morgan fingerprint density at radius 2 is 1.76 bits per heavy atom. The van der Waals surface area contributed by atoms with Crippen molar-refractivity contribution in [2.75, 3.05) is 0 Å². The molecule has 0 atom stereocenters. The first kappa shape index (κ1) is 14.1. The lowest BCUT2D eigenvalue weighted by atomic mass is 10.1. The van der Waals surface area contributed by atoms with E-state index in [-0.39, 0.29) is 6.61 Å². The minimum atomic E-state index is -0.0689. The van der Waals surface area contributed by atoms with Gasteiger partial charge in [0.2, 0.25) is 5.88 Å². The molecule has 0 aliphatic carbocycles. The highest BCUT2D eigenvalue weighted by Gasteiger charge is 2.09. The van der Waals surface area contributed by atoms with Gasteiger partial charge < -0.3 is 9.84 Å². The van der Waals surface area contributed by atoms with Gasteiger partial charge in [0.15, 0.2) is 0 Å². The zero-order valence-electron chi connectivity index (χ0n) is 10.9. The number of hydrogen-bond acceptors (Lipinski definition) is 3. The van der Waals surface area contributed by atoms with E-state index >= 15 is 0 Å². The maximum Gasteiger partial charge on any atom is 0.227 e. The van der Waals surface area contributed by atoms with Crippen LogP contribution in [0.2, 0.25) is 10.0 Å². The van der Waals surface area contributed by atoms with Gasteiger partial charge in [-0.1, -0.05) is 41.4 Å². The SMILES string of the molecule is OCc1cnc(Oc2ccc(Cl)c(Cl)c2)c2ccccc12. The number of rotatable bonds is 3. The van der Waals surface area contributed by atoms with Crippen molar-refractivity contribution in [3.05, 3.63) is 64.3 Å². The van der Waals surface area contributed by atoms with Crippen LogP contribution < -0.4 is 4.74 Å². The number of halogens is 2. The number of ether oxygens (including phenoxy) is 1. The number of aliphatic hydroxyl groups is 1. The molecule has 0 saturated heterocycles. The highest BCUT2D eigenvalue weighted by molar-refractivity contribution is 6.42. The van der Waals surface area contributed by atoms with Crippen LogP contribution in [0.25, 0.3) is 10.8 Å². The molecule has 1 aromatic heterocycles. The van der Waals surface area contributed by atoms with E-state index in [0.717, 1.165) is 16.3 Å². The van der Waals surface area contributed by atoms with E-state index in [1.54, 1.807) is 24.4 Å². The van der Waals surface area contributed by atoms with Gasteiger partial charge in [-0.15, -0.1) is 0 Å². The van der Waals surface area contributed by atoms with Crippen molar-refractivity contribution >= 4 is 34.0 Å². The van der Waals surface area contributed by atoms with Gasteiger partial charge >= 0.3 is 0 Å². The fraction of sp³-hybridized carbons (Fsp3) is 0.0625. The second-order valence-corrected chi connectivity index (χ2v) is 5.28. The summed E-state index contributed by atoms with van der Waals surface area (Å²) >= 11 is 11.9. The van der Waals surface area contributed by atoms with E-state index in [4.69, 9.17) is 27.9 Å². The molecule has 0 radical (unpaired) electrons. The summed E-state index contributed by atoms with van der Waals surface area (Å²) in [6.45, 7) is -0.0689. The standard InChI is InChI=1S/C16H11Cl2NO2/c17-14-6-5-11(7-15(14)18)21-16-13-4-2-1-3-12(13)10(9-20)8-19-16/h1-8,20H,9H2. The maximum atomic E-state index is 9.37. The van der Waals surface area contributed by atoms with E-state index in [1.807, 2.05) is 24.3 Å². The Hall–Kier alpha value is -1.81. The van der Waals surface area contributed by atoms with Crippen LogP contribution in [0.3, 0.4) is 0 Å². The molecule has 0 aliphatic heterocycles. The van der Waals surface area contributed by atoms with Gasteiger partial charge in [-0.2, -0.15) is 0 Å². The Kier molecular flexibility index (Phi) is 3.97. The molecular formula is C16H11Cl2NO2. The summed E-state index contributed by atoms with van der Waals surface area (Å²) < 4.78 is 5.79. The van der Waals surface area contributed by atoms with Gasteiger partial charge in [0, 0.05) is 23.2 Å². The summed E-state index contributed by atoms with van der Waals surface area (Å²) in [7, 11) is 0. The summed E-state index contributed by atoms with van der Waals surface area (Å²) in [6.07, 6.45) is 1.61. The third-order valence-corrected chi connectivity index (χ3v) is 3.86. The molecule has 3 rings (SSSR count). The average Bonchev–Trinajstić information content (AvgIpc) is 2.51. The topological polar surface area (TPSA) is 42.4 Å². The first-order chi connectivity index (χ1) is 10.2. The van der Waals surface area contributed by atoms with Gasteiger partial charge in [0.1, 0.15) is 5.75 Å². The Morgan fingerprint density at radius 3 is 2.48 bits per heavy atom. The van der Waals surface area contributed by atoms with Gasteiger partial charge in [-0.25, -0.2) is 4.98 Å². The number of benzene rings is 2. The predicted octanol–water partition coefficient (Wildman–Crippen LogP) is 4.83. The zero-order chi connectivity index (χ0) is 14.8. The van der Waals surface area contributed by atoms with E-state index < -0.39 is 0 Å². The largest absolute Gasteiger partial charge is 0.438 e. The summed E-state index contributed by atoms with van der Waals surface area (Å²) in [5.41, 5.74) is 0.757. The molecule has 0 amide bonds. The molecule has 0 unspecified atom stereocenters. The number of aliphatic hydroxyl groups excluding tert-OH is 1. The molecule has 1 heterocycles. The Morgan fingerprint density at radius 1 is 1.00 bits per heavy atom. The second kappa shape index (κ2) is 5.90. The van der Waals surface area contributed by atoms with Crippen molar-refractivity contribution in [1.29, 1.82) is 0 Å². The van der Waals surface area contributed by atoms with Crippen molar-refractivity contribution in [1.82, 2.24) is 4.98 Å². The fourth-order valence-corrected chi connectivity index (χ4v) is 2.37. The molecule has 0 aliphatic rings. The maximum absolute atomic E-state index is 9.37. The van der Waals surface area contributed by atoms with Crippen molar-refractivity contribution < 1.29 is 9.84 Å². The molecule has 21 heavy (non-hydrogen) atoms. The summed E-state index contributed by atoms with van der Waals surface area (Å²) in [6, 6.07) is 12.7. The number of fused-ring (bicyclic) bond motifs is 1. The first-order valence-electron chi connectivity index (χ1n) is 6.29. The van der Waals surface area contributed by atoms with Gasteiger partial charge in [-0.05, 0) is 23.6 Å². The Balaban J connectivity index is 2.06. The minimum absolute atomic E-state index is 0.0689. The van der Waals surface area contributed by atoms with Gasteiger partial charge in [0.05, 0.1) is 16.7 Å². The molecule has 3 nitrogen and oxygen atoms in total. The van der Waals surface area contributed by atoms with Gasteiger partial charge in [-0.3, -0.25) is 0 Å². The van der Waals surface area contributed by atoms with E-state index in [2.05, 4.69) is 4.98 Å². The van der Waals surface area contributed by atoms with Crippen LogP contribution in [0, 0.1) is 0 Å². The molecule has 5 heteroatoms. The van der Waals surface area contributed by atoms with E-state index in [1.165, 1.54) is 0 Å². The smallest absolute Gasteiger partial charge is 0.227 e. The van der Waals surface area contributed by atoms with Crippen molar-refractivity contribution in [3.63, 3.8) is 0 Å². The zero-order valence-corrected chi connectivity index (χ0v) is 12.4. The molecule has 106 valence electrons. The summed E-state index contributed by atoms with van der Waals surface area (Å²) in [5, 5.41) is 12.0. The van der Waals surface area contributed by atoms with E-state index in [9.17, 15) is 5.11 Å². The van der Waals surface area contributed by atoms with Gasteiger partial charge in [0.25, 0.3) is 0 Å². The molecule has 0 bridgehead atoms. The second-order valence-electron chi connectivity index (χ2n) is 4.47. The molecular weight excluding hydrogens is 309 g/mol. The third-order valence-electron chi connectivity index (χ3n) is 3.12. The van der Waals surface area contributed by atoms with Crippen LogP contribution >= 0.6 is 23.2 Å². The molecule has 0 spiro atoms. The minimum Gasteiger partial charge on any atom is -0.438 e. The van der Waals surface area contributed by atoms with Crippen molar-refractivity contribution in [3.8, 4) is 11.6 Å². The monoisotopic (exact) mass is 319 g/mol. The van der Waals surface area contributed by atoms with Crippen LogP contribution in [0.5, 0.6) is 11.6 Å². The Bertz CT molecular complexity index is 805. The summed E-state index contributed by atoms with van der Waals surface area (Å²) in [4.78, 5) is 4.27. The van der Waals surface area contributed by atoms with Crippen molar-refractivity contribution in [2.45, 2.75) is 6.61 Å². The molecule has 3 aromatic rings. The molecule has 1 N–H and O–H groups in total. The predicted molar refractivity (Wildman–Crippen MR) is 84.2 cm³/mol. The fourth-order valence-electron chi connectivity index (χ4n) is 2.08. The molecule has 2 aromatic carbocycles. The number of aromatic nitrogens is 1.